The number of H-pyrrole nitrogens is 1. The Morgan fingerprint density at radius 1 is 0.940 bits per heavy atom. The summed E-state index contributed by atoms with van der Waals surface area (Å²) >= 11 is 0. The first kappa shape index (κ1) is 47.9. The average molecular weight is 929 g/mol. The van der Waals surface area contributed by atoms with Crippen molar-refractivity contribution in [3.8, 4) is 5.75 Å². The fraction of sp³-hybridized carbons (Fsp3) is 0.647. The number of likely N-dealkylation sites (N-methyl/N-ethyl adjacent to an activating group) is 1. The van der Waals surface area contributed by atoms with Crippen LogP contribution in [0.5, 0.6) is 5.75 Å². The van der Waals surface area contributed by atoms with Crippen molar-refractivity contribution in [2.24, 2.45) is 17.1 Å². The molecule has 2 bridgehead atoms. The van der Waals surface area contributed by atoms with Crippen molar-refractivity contribution in [2.75, 3.05) is 112 Å². The number of esters is 1. The summed E-state index contributed by atoms with van der Waals surface area (Å²) in [6, 6.07) is 11.0. The zero-order valence-corrected chi connectivity index (χ0v) is 40.0. The second-order valence-electron chi connectivity index (χ2n) is 20.0. The summed E-state index contributed by atoms with van der Waals surface area (Å²) < 4.78 is 29.1. The summed E-state index contributed by atoms with van der Waals surface area (Å²) in [5.74, 6) is -0.746. The Bertz CT molecular complexity index is 2340. The van der Waals surface area contributed by atoms with E-state index in [0.717, 1.165) is 33.4 Å². The van der Waals surface area contributed by atoms with E-state index < -0.39 is 51.5 Å². The van der Waals surface area contributed by atoms with E-state index in [1.165, 1.54) is 7.11 Å². The molecule has 6 heterocycles. The number of carbonyl (C=O) groups excluding carboxylic acids is 2. The van der Waals surface area contributed by atoms with Gasteiger partial charge in [0, 0.05) is 97.1 Å². The minimum atomic E-state index is -2.29. The van der Waals surface area contributed by atoms with Gasteiger partial charge in [0.2, 0.25) is 0 Å². The van der Waals surface area contributed by atoms with E-state index in [2.05, 4.69) is 38.3 Å². The summed E-state index contributed by atoms with van der Waals surface area (Å²) in [5.41, 5.74) is 3.88. The van der Waals surface area contributed by atoms with Gasteiger partial charge in [-0.3, -0.25) is 19.4 Å². The van der Waals surface area contributed by atoms with Crippen molar-refractivity contribution < 1.29 is 48.6 Å². The van der Waals surface area contributed by atoms with Gasteiger partial charge in [-0.1, -0.05) is 44.2 Å². The van der Waals surface area contributed by atoms with E-state index in [4.69, 9.17) is 29.4 Å². The van der Waals surface area contributed by atoms with Gasteiger partial charge in [0.25, 0.3) is 5.91 Å². The van der Waals surface area contributed by atoms with Crippen LogP contribution in [0.15, 0.2) is 48.6 Å². The highest BCUT2D eigenvalue weighted by Gasteiger charge is 2.78. The number of aromatic nitrogens is 1. The number of methoxy groups -OCH3 is 2. The lowest BCUT2D eigenvalue weighted by Gasteiger charge is -2.63. The SMILES string of the molecule is CC[C@]1(O)CC2CN(CCc3c([nH]c4ccccc34)[C@@](C(=O)OC)(c3cc4c(cc3OC)N(C)[C@@H]3C45CCN4CC=C[C@](CC)([C@H]45)[C@@H](O)[C@@]3(O)C(=O)NCCOCCOCCOCCN)C2)C1. The van der Waals surface area contributed by atoms with Crippen LogP contribution in [0.4, 0.5) is 5.69 Å². The monoisotopic (exact) mass is 929 g/mol. The third kappa shape index (κ3) is 7.43. The fourth-order valence-electron chi connectivity index (χ4n) is 14.0. The van der Waals surface area contributed by atoms with Crippen LogP contribution in [0, 0.1) is 11.3 Å². The molecule has 5 aliphatic heterocycles. The van der Waals surface area contributed by atoms with E-state index in [-0.39, 0.29) is 25.1 Å². The lowest BCUT2D eigenvalue weighted by molar-refractivity contribution is -0.203. The smallest absolute Gasteiger partial charge is 0.322 e. The van der Waals surface area contributed by atoms with Crippen molar-refractivity contribution in [1.82, 2.24) is 20.1 Å². The predicted molar refractivity (Wildman–Crippen MR) is 253 cm³/mol. The van der Waals surface area contributed by atoms with Crippen LogP contribution in [0.3, 0.4) is 0 Å². The number of fused-ring (bicyclic) bond motifs is 6. The number of nitrogens with zero attached hydrogens (tertiary/aromatic N) is 3. The van der Waals surface area contributed by atoms with E-state index in [1.54, 1.807) is 7.11 Å². The molecule has 3 aromatic rings. The molecule has 16 nitrogen and oxygen atoms in total. The number of carbonyl (C=O) groups is 2. The Balaban J connectivity index is 1.17. The molecule has 6 aliphatic rings. The maximum absolute atomic E-state index is 15.4. The topological polar surface area (TPSA) is 205 Å². The Morgan fingerprint density at radius 2 is 1.69 bits per heavy atom. The molecule has 366 valence electrons. The fourth-order valence-corrected chi connectivity index (χ4v) is 14.0. The highest BCUT2D eigenvalue weighted by Crippen LogP contribution is 2.67. The van der Waals surface area contributed by atoms with Crippen molar-refractivity contribution in [1.29, 1.82) is 0 Å². The number of anilines is 1. The molecule has 1 amide bonds. The number of aliphatic hydroxyl groups is 3. The molecule has 1 spiro atoms. The maximum atomic E-state index is 15.4. The Hall–Kier alpha value is -4.10. The van der Waals surface area contributed by atoms with Gasteiger partial charge in [-0.15, -0.1) is 0 Å². The van der Waals surface area contributed by atoms with Gasteiger partial charge in [-0.05, 0) is 74.2 Å². The molecule has 1 aliphatic carbocycles. The van der Waals surface area contributed by atoms with Gasteiger partial charge in [-0.2, -0.15) is 0 Å². The number of ether oxygens (including phenoxy) is 5. The Morgan fingerprint density at radius 3 is 2.40 bits per heavy atom. The Labute approximate surface area is 394 Å². The number of nitrogens with one attached hydrogen (secondary N) is 2. The predicted octanol–water partition coefficient (Wildman–Crippen LogP) is 2.37. The van der Waals surface area contributed by atoms with Crippen LogP contribution >= 0.6 is 0 Å². The molecule has 67 heavy (non-hydrogen) atoms. The summed E-state index contributed by atoms with van der Waals surface area (Å²) in [6.07, 6.45) is 5.74. The van der Waals surface area contributed by atoms with Crippen molar-refractivity contribution in [3.05, 3.63) is 70.9 Å². The molecule has 1 aromatic heterocycles. The maximum Gasteiger partial charge on any atom is 0.322 e. The summed E-state index contributed by atoms with van der Waals surface area (Å²) in [4.78, 5) is 40.9. The standard InChI is InChI=1S/C51H72N6O10/c1-6-47(61)29-33-30-50(46(60)64-5,41-35(13-19-56(31-33)32-47)34-11-8-9-12-38(34)54-41)37-27-36-39(28-40(37)63-4)55(3)43-49(36)15-20-57-18-10-14-48(7-2,42(49)57)44(58)51(43,62)45(59)53-17-22-66-24-26-67-25-23-65-21-16-52/h8-12,14,27-28,33,42-44,54,58,61-62H,6-7,13,15-26,29-32,52H2,1-5H3,(H,53,59)/t33?,42-,43+,44+,47-,48+,49?,50-,51+/m0/s1. The molecule has 9 rings (SSSR count). The lowest BCUT2D eigenvalue weighted by Crippen LogP contribution is -2.81. The zero-order chi connectivity index (χ0) is 47.4. The molecule has 7 N–H and O–H groups in total. The molecule has 3 fully saturated rings. The number of rotatable bonds is 17. The number of hydrogen-bond donors (Lipinski definition) is 6. The minimum absolute atomic E-state index is 0.101. The van der Waals surface area contributed by atoms with Crippen molar-refractivity contribution >= 4 is 28.5 Å². The van der Waals surface area contributed by atoms with Gasteiger partial charge in [0.05, 0.1) is 65.5 Å². The highest BCUT2D eigenvalue weighted by molar-refractivity contribution is 5.95. The number of hydrogen-bond acceptors (Lipinski definition) is 14. The molecule has 10 atom stereocenters. The van der Waals surface area contributed by atoms with Gasteiger partial charge in [0.1, 0.15) is 17.3 Å². The lowest BCUT2D eigenvalue weighted by atomic mass is 9.47. The summed E-state index contributed by atoms with van der Waals surface area (Å²) in [7, 11) is 4.94. The van der Waals surface area contributed by atoms with Crippen LogP contribution in [-0.4, -0.2) is 178 Å². The number of aromatic amines is 1. The molecular weight excluding hydrogens is 857 g/mol. The van der Waals surface area contributed by atoms with Gasteiger partial charge >= 0.3 is 5.97 Å². The summed E-state index contributed by atoms with van der Waals surface area (Å²) in [6.45, 7) is 10.1. The first-order valence-corrected chi connectivity index (χ1v) is 24.5. The molecule has 16 heteroatoms. The molecule has 0 radical (unpaired) electrons. The van der Waals surface area contributed by atoms with Crippen LogP contribution in [0.1, 0.15) is 68.3 Å². The van der Waals surface area contributed by atoms with Gasteiger partial charge in [0.15, 0.2) is 5.60 Å². The molecule has 2 aromatic carbocycles. The first-order valence-electron chi connectivity index (χ1n) is 24.5. The van der Waals surface area contributed by atoms with Crippen LogP contribution in [0.2, 0.25) is 0 Å². The number of nitrogens with two attached hydrogens (primary N) is 1. The van der Waals surface area contributed by atoms with Crippen LogP contribution < -0.4 is 20.7 Å². The second kappa shape index (κ2) is 18.7. The summed E-state index contributed by atoms with van der Waals surface area (Å²) in [5, 5.41) is 42.3. The van der Waals surface area contributed by atoms with Crippen LogP contribution in [0.25, 0.3) is 10.9 Å². The van der Waals surface area contributed by atoms with Crippen LogP contribution in [-0.2, 0) is 45.8 Å². The largest absolute Gasteiger partial charge is 0.496 e. The number of para-hydroxylation sites is 1. The number of benzene rings is 2. The second-order valence-corrected chi connectivity index (χ2v) is 20.0. The van der Waals surface area contributed by atoms with E-state index >= 15 is 4.79 Å². The van der Waals surface area contributed by atoms with E-state index in [1.807, 2.05) is 56.1 Å². The third-order valence-electron chi connectivity index (χ3n) is 16.7. The van der Waals surface area contributed by atoms with Crippen molar-refractivity contribution in [3.63, 3.8) is 0 Å². The highest BCUT2D eigenvalue weighted by atomic mass is 16.5. The number of piperidine rings is 1. The van der Waals surface area contributed by atoms with E-state index in [0.29, 0.717) is 122 Å². The van der Waals surface area contributed by atoms with Crippen molar-refractivity contribution in [2.45, 2.75) is 92.6 Å². The third-order valence-corrected chi connectivity index (χ3v) is 16.7. The Kier molecular flexibility index (Phi) is 13.4. The minimum Gasteiger partial charge on any atom is -0.496 e. The molecular formula is C51H72N6O10. The molecule has 2 saturated heterocycles. The molecule has 1 saturated carbocycles. The number of aliphatic hydroxyl groups excluding tert-OH is 1. The number of amides is 1. The first-order chi connectivity index (χ1) is 32.3. The average Bonchev–Trinajstić information content (AvgIpc) is 4.00. The quantitative estimate of drug-likeness (QED) is 0.0654. The van der Waals surface area contributed by atoms with Gasteiger partial charge < -0.3 is 59.9 Å². The van der Waals surface area contributed by atoms with Gasteiger partial charge in [-0.25, -0.2) is 0 Å². The zero-order valence-electron chi connectivity index (χ0n) is 40.0. The molecule has 3 unspecified atom stereocenters. The van der Waals surface area contributed by atoms with E-state index in [9.17, 15) is 20.1 Å². The normalized spacial score (nSPS) is 34.1.